The zero-order valence-electron chi connectivity index (χ0n) is 18.3. The summed E-state index contributed by atoms with van der Waals surface area (Å²) in [6, 6.07) is 1.96. The third kappa shape index (κ3) is 5.82. The molecule has 0 unspecified atom stereocenters. The van der Waals surface area contributed by atoms with Crippen LogP contribution in [0.15, 0.2) is 6.07 Å². The van der Waals surface area contributed by atoms with Crippen LogP contribution in [0.4, 0.5) is 0 Å². The van der Waals surface area contributed by atoms with Crippen LogP contribution in [0.3, 0.4) is 0 Å². The number of hydrogen-bond donors (Lipinski definition) is 1. The fourth-order valence-corrected chi connectivity index (χ4v) is 4.56. The monoisotopic (exact) mass is 417 g/mol. The molecular formula is C22H35N5O3. The molecular weight excluding hydrogens is 382 g/mol. The van der Waals surface area contributed by atoms with Gasteiger partial charge in [0, 0.05) is 31.9 Å². The molecule has 1 N–H and O–H groups in total. The topological polar surface area (TPSA) is 79.7 Å². The SMILES string of the molecule is Cc1cc(C)n(CC(=O)NC[C@@H]2CN(CC3CCN(CC4CC4)CC3)C(=O)CO2)n1. The fourth-order valence-electron chi connectivity index (χ4n) is 4.56. The van der Waals surface area contributed by atoms with Gasteiger partial charge in [-0.2, -0.15) is 5.10 Å². The predicted octanol–water partition coefficient (Wildman–Crippen LogP) is 0.966. The molecule has 0 spiro atoms. The molecule has 30 heavy (non-hydrogen) atoms. The summed E-state index contributed by atoms with van der Waals surface area (Å²) in [6.07, 6.45) is 4.99. The smallest absolute Gasteiger partial charge is 0.248 e. The van der Waals surface area contributed by atoms with E-state index < -0.39 is 0 Å². The van der Waals surface area contributed by atoms with Crippen LogP contribution < -0.4 is 5.32 Å². The third-order valence-electron chi connectivity index (χ3n) is 6.54. The van der Waals surface area contributed by atoms with E-state index in [2.05, 4.69) is 15.3 Å². The molecule has 1 aliphatic carbocycles. The Hall–Kier alpha value is -1.93. The highest BCUT2D eigenvalue weighted by atomic mass is 16.5. The van der Waals surface area contributed by atoms with Crippen molar-refractivity contribution in [1.29, 1.82) is 0 Å². The van der Waals surface area contributed by atoms with Gasteiger partial charge >= 0.3 is 0 Å². The van der Waals surface area contributed by atoms with Gasteiger partial charge in [-0.15, -0.1) is 0 Å². The van der Waals surface area contributed by atoms with Crippen LogP contribution in [0.1, 0.15) is 37.1 Å². The fraction of sp³-hybridized carbons (Fsp3) is 0.773. The Balaban J connectivity index is 1.19. The first-order valence-corrected chi connectivity index (χ1v) is 11.4. The van der Waals surface area contributed by atoms with Crippen molar-refractivity contribution in [2.45, 2.75) is 52.2 Å². The van der Waals surface area contributed by atoms with E-state index >= 15 is 0 Å². The first-order valence-electron chi connectivity index (χ1n) is 11.4. The molecule has 2 amide bonds. The van der Waals surface area contributed by atoms with Crippen LogP contribution in [0.2, 0.25) is 0 Å². The summed E-state index contributed by atoms with van der Waals surface area (Å²) in [4.78, 5) is 29.2. The van der Waals surface area contributed by atoms with Crippen LogP contribution in [0.25, 0.3) is 0 Å². The molecule has 1 aromatic heterocycles. The molecule has 8 nitrogen and oxygen atoms in total. The van der Waals surface area contributed by atoms with Crippen LogP contribution in [0, 0.1) is 25.7 Å². The number of ether oxygens (including phenoxy) is 1. The number of amides is 2. The molecule has 8 heteroatoms. The minimum Gasteiger partial charge on any atom is -0.365 e. The van der Waals surface area contributed by atoms with Crippen molar-refractivity contribution in [2.24, 2.45) is 11.8 Å². The molecule has 1 saturated carbocycles. The summed E-state index contributed by atoms with van der Waals surface area (Å²) in [5.74, 6) is 1.50. The van der Waals surface area contributed by atoms with E-state index in [-0.39, 0.29) is 31.1 Å². The second-order valence-corrected chi connectivity index (χ2v) is 9.31. The lowest BCUT2D eigenvalue weighted by Crippen LogP contribution is -2.52. The van der Waals surface area contributed by atoms with Crippen LogP contribution in [0.5, 0.6) is 0 Å². The number of morpholine rings is 1. The minimum absolute atomic E-state index is 0.0700. The highest BCUT2D eigenvalue weighted by molar-refractivity contribution is 5.78. The maximum absolute atomic E-state index is 12.3. The maximum Gasteiger partial charge on any atom is 0.248 e. The second kappa shape index (κ2) is 9.47. The molecule has 0 aromatic carbocycles. The largest absolute Gasteiger partial charge is 0.365 e. The lowest BCUT2D eigenvalue weighted by atomic mass is 9.95. The van der Waals surface area contributed by atoms with E-state index in [1.165, 1.54) is 32.2 Å². The van der Waals surface area contributed by atoms with Crippen LogP contribution in [-0.2, 0) is 20.9 Å². The average molecular weight is 418 g/mol. The number of carbonyl (C=O) groups excluding carboxylic acids is 2. The van der Waals surface area contributed by atoms with Crippen molar-refractivity contribution in [3.05, 3.63) is 17.5 Å². The van der Waals surface area contributed by atoms with Gasteiger partial charge in [0.1, 0.15) is 13.2 Å². The maximum atomic E-state index is 12.3. The highest BCUT2D eigenvalue weighted by Gasteiger charge is 2.31. The van der Waals surface area contributed by atoms with Crippen molar-refractivity contribution >= 4 is 11.8 Å². The summed E-state index contributed by atoms with van der Waals surface area (Å²) >= 11 is 0. The molecule has 3 aliphatic rings. The predicted molar refractivity (Wildman–Crippen MR) is 113 cm³/mol. The molecule has 0 radical (unpaired) electrons. The van der Waals surface area contributed by atoms with Gasteiger partial charge in [0.2, 0.25) is 11.8 Å². The number of rotatable bonds is 8. The van der Waals surface area contributed by atoms with E-state index in [9.17, 15) is 9.59 Å². The second-order valence-electron chi connectivity index (χ2n) is 9.31. The quantitative estimate of drug-likeness (QED) is 0.682. The van der Waals surface area contributed by atoms with Gasteiger partial charge in [-0.05, 0) is 70.5 Å². The van der Waals surface area contributed by atoms with E-state index in [0.29, 0.717) is 19.0 Å². The molecule has 0 bridgehead atoms. The number of aryl methyl sites for hydroxylation is 2. The first-order chi connectivity index (χ1) is 14.5. The lowest BCUT2D eigenvalue weighted by Gasteiger charge is -2.38. The molecule has 2 saturated heterocycles. The number of hydrogen-bond acceptors (Lipinski definition) is 5. The van der Waals surface area contributed by atoms with Gasteiger partial charge in [-0.3, -0.25) is 14.3 Å². The van der Waals surface area contributed by atoms with Crippen molar-refractivity contribution in [3.8, 4) is 0 Å². The molecule has 166 valence electrons. The number of aromatic nitrogens is 2. The van der Waals surface area contributed by atoms with Crippen LogP contribution >= 0.6 is 0 Å². The van der Waals surface area contributed by atoms with Gasteiger partial charge in [0.15, 0.2) is 0 Å². The Morgan fingerprint density at radius 2 is 1.90 bits per heavy atom. The minimum atomic E-state index is -0.151. The number of carbonyl (C=O) groups is 2. The van der Waals surface area contributed by atoms with Gasteiger partial charge in [-0.1, -0.05) is 0 Å². The first kappa shape index (κ1) is 21.3. The summed E-state index contributed by atoms with van der Waals surface area (Å²) in [6.45, 7) is 9.54. The Morgan fingerprint density at radius 1 is 1.17 bits per heavy atom. The molecule has 3 heterocycles. The number of nitrogens with zero attached hydrogens (tertiary/aromatic N) is 4. The van der Waals surface area contributed by atoms with E-state index in [4.69, 9.17) is 4.74 Å². The van der Waals surface area contributed by atoms with Gasteiger partial charge < -0.3 is 19.9 Å². The Kier molecular flexibility index (Phi) is 6.73. The molecule has 2 aliphatic heterocycles. The summed E-state index contributed by atoms with van der Waals surface area (Å²) in [5, 5.41) is 7.26. The highest BCUT2D eigenvalue weighted by Crippen LogP contribution is 2.31. The zero-order valence-corrected chi connectivity index (χ0v) is 18.3. The molecule has 1 aromatic rings. The normalized spacial score (nSPS) is 23.7. The van der Waals surface area contributed by atoms with E-state index in [0.717, 1.165) is 36.9 Å². The Bertz CT molecular complexity index is 752. The Morgan fingerprint density at radius 3 is 2.57 bits per heavy atom. The number of likely N-dealkylation sites (tertiary alicyclic amines) is 1. The van der Waals surface area contributed by atoms with Crippen molar-refractivity contribution in [2.75, 3.05) is 45.9 Å². The van der Waals surface area contributed by atoms with Crippen molar-refractivity contribution in [1.82, 2.24) is 24.9 Å². The van der Waals surface area contributed by atoms with Gasteiger partial charge in [0.25, 0.3) is 0 Å². The van der Waals surface area contributed by atoms with Crippen molar-refractivity contribution in [3.63, 3.8) is 0 Å². The van der Waals surface area contributed by atoms with Gasteiger partial charge in [-0.25, -0.2) is 0 Å². The standard InChI is InChI=1S/C22H35N5O3/c1-16-9-17(2)27(24-16)14-21(28)23-10-20-13-26(22(29)15-30-20)12-19-5-7-25(8-6-19)11-18-3-4-18/h9,18-20H,3-8,10-15H2,1-2H3,(H,23,28)/t20-/m1/s1. The summed E-state index contributed by atoms with van der Waals surface area (Å²) in [5.41, 5.74) is 1.87. The van der Waals surface area contributed by atoms with Crippen LogP contribution in [-0.4, -0.2) is 83.4 Å². The lowest BCUT2D eigenvalue weighted by molar-refractivity contribution is -0.150. The summed E-state index contributed by atoms with van der Waals surface area (Å²) < 4.78 is 7.38. The molecule has 4 rings (SSSR count). The van der Waals surface area contributed by atoms with Gasteiger partial charge in [0.05, 0.1) is 11.8 Å². The Labute approximate surface area is 178 Å². The molecule has 3 fully saturated rings. The zero-order chi connectivity index (χ0) is 21.1. The van der Waals surface area contributed by atoms with E-state index in [1.54, 1.807) is 4.68 Å². The van der Waals surface area contributed by atoms with E-state index in [1.807, 2.05) is 24.8 Å². The summed E-state index contributed by atoms with van der Waals surface area (Å²) in [7, 11) is 0. The van der Waals surface area contributed by atoms with Crippen molar-refractivity contribution < 1.29 is 14.3 Å². The molecule has 1 atom stereocenters. The number of nitrogens with one attached hydrogen (secondary N) is 1. The average Bonchev–Trinajstić information content (AvgIpc) is 3.47. The number of piperidine rings is 1. The third-order valence-corrected chi connectivity index (χ3v) is 6.54.